The smallest absolute Gasteiger partial charge is 0.261 e. The third-order valence-corrected chi connectivity index (χ3v) is 5.09. The largest absolute Gasteiger partial charge is 0.479 e. The number of ether oxygens (including phenoxy) is 1. The van der Waals surface area contributed by atoms with Crippen LogP contribution in [0.4, 0.5) is 5.69 Å². The summed E-state index contributed by atoms with van der Waals surface area (Å²) >= 11 is 0. The van der Waals surface area contributed by atoms with Crippen LogP contribution in [0.25, 0.3) is 0 Å². The summed E-state index contributed by atoms with van der Waals surface area (Å²) in [5.41, 5.74) is 3.53. The molecule has 3 rings (SSSR count). The Morgan fingerprint density at radius 2 is 1.73 bits per heavy atom. The first-order chi connectivity index (χ1) is 15.9. The number of nitriles is 1. The summed E-state index contributed by atoms with van der Waals surface area (Å²) in [6.07, 6.45) is -0.746. The molecule has 3 aromatic carbocycles. The summed E-state index contributed by atoms with van der Waals surface area (Å²) in [4.78, 5) is 25.3. The van der Waals surface area contributed by atoms with Gasteiger partial charge in [-0.3, -0.25) is 9.59 Å². The Balaban J connectivity index is 1.63. The van der Waals surface area contributed by atoms with E-state index in [0.29, 0.717) is 22.6 Å². The monoisotopic (exact) mass is 441 g/mol. The van der Waals surface area contributed by atoms with Crippen molar-refractivity contribution in [2.75, 3.05) is 5.32 Å². The zero-order valence-corrected chi connectivity index (χ0v) is 19.0. The lowest BCUT2D eigenvalue weighted by Crippen LogP contribution is -2.41. The van der Waals surface area contributed by atoms with Gasteiger partial charge in [-0.05, 0) is 54.8 Å². The number of rotatable bonds is 8. The van der Waals surface area contributed by atoms with Crippen LogP contribution >= 0.6 is 0 Å². The van der Waals surface area contributed by atoms with E-state index < -0.39 is 6.10 Å². The molecular weight excluding hydrogens is 414 g/mol. The second kappa shape index (κ2) is 11.0. The average molecular weight is 442 g/mol. The SMILES string of the molecule is Cc1ccc(C(=O)Nc2cccc(CNC(=O)C(Oc3ccccc3C#N)C(C)C)c2)cc1. The van der Waals surface area contributed by atoms with Crippen LogP contribution in [0.3, 0.4) is 0 Å². The topological polar surface area (TPSA) is 91.2 Å². The Kier molecular flexibility index (Phi) is 7.82. The van der Waals surface area contributed by atoms with E-state index >= 15 is 0 Å². The molecule has 6 heteroatoms. The molecule has 0 saturated carbocycles. The molecule has 1 unspecified atom stereocenters. The number of anilines is 1. The number of hydrogen-bond donors (Lipinski definition) is 2. The molecule has 1 atom stereocenters. The van der Waals surface area contributed by atoms with Gasteiger partial charge in [0.25, 0.3) is 11.8 Å². The second-order valence-corrected chi connectivity index (χ2v) is 8.13. The maximum atomic E-state index is 12.8. The van der Waals surface area contributed by atoms with E-state index in [1.165, 1.54) is 0 Å². The van der Waals surface area contributed by atoms with Crippen molar-refractivity contribution in [1.82, 2.24) is 5.32 Å². The van der Waals surface area contributed by atoms with Gasteiger partial charge in [0, 0.05) is 17.8 Å². The van der Waals surface area contributed by atoms with Crippen molar-refractivity contribution < 1.29 is 14.3 Å². The lowest BCUT2D eigenvalue weighted by Gasteiger charge is -2.22. The van der Waals surface area contributed by atoms with Gasteiger partial charge in [-0.25, -0.2) is 0 Å². The highest BCUT2D eigenvalue weighted by atomic mass is 16.5. The highest BCUT2D eigenvalue weighted by Crippen LogP contribution is 2.21. The van der Waals surface area contributed by atoms with Gasteiger partial charge in [0.2, 0.25) is 0 Å². The zero-order chi connectivity index (χ0) is 23.8. The molecule has 3 aromatic rings. The molecule has 0 aliphatic rings. The molecule has 6 nitrogen and oxygen atoms in total. The molecule has 0 heterocycles. The number of benzene rings is 3. The van der Waals surface area contributed by atoms with Crippen molar-refractivity contribution in [2.24, 2.45) is 5.92 Å². The van der Waals surface area contributed by atoms with Crippen LogP contribution in [0.1, 0.15) is 40.9 Å². The first-order valence-corrected chi connectivity index (χ1v) is 10.8. The van der Waals surface area contributed by atoms with E-state index in [0.717, 1.165) is 11.1 Å². The first kappa shape index (κ1) is 23.6. The normalized spacial score (nSPS) is 11.4. The third-order valence-electron chi connectivity index (χ3n) is 5.09. The molecular formula is C27H27N3O3. The number of aryl methyl sites for hydroxylation is 1. The molecule has 2 amide bonds. The van der Waals surface area contributed by atoms with Crippen LogP contribution in [0.5, 0.6) is 5.75 Å². The Morgan fingerprint density at radius 3 is 2.42 bits per heavy atom. The first-order valence-electron chi connectivity index (χ1n) is 10.8. The number of carbonyl (C=O) groups is 2. The van der Waals surface area contributed by atoms with Gasteiger partial charge < -0.3 is 15.4 Å². The minimum atomic E-state index is -0.746. The number of amides is 2. The molecule has 0 saturated heterocycles. The van der Waals surface area contributed by atoms with E-state index in [-0.39, 0.29) is 24.3 Å². The zero-order valence-electron chi connectivity index (χ0n) is 19.0. The Bertz CT molecular complexity index is 1160. The van der Waals surface area contributed by atoms with Gasteiger partial charge in [0.05, 0.1) is 5.56 Å². The second-order valence-electron chi connectivity index (χ2n) is 8.13. The molecule has 0 radical (unpaired) electrons. The number of nitrogens with one attached hydrogen (secondary N) is 2. The molecule has 0 aliphatic carbocycles. The average Bonchev–Trinajstić information content (AvgIpc) is 2.81. The van der Waals surface area contributed by atoms with Gasteiger partial charge in [0.15, 0.2) is 6.10 Å². The molecule has 0 bridgehead atoms. The van der Waals surface area contributed by atoms with Gasteiger partial charge >= 0.3 is 0 Å². The molecule has 168 valence electrons. The summed E-state index contributed by atoms with van der Waals surface area (Å²) in [5.74, 6) is -0.181. The van der Waals surface area contributed by atoms with Gasteiger partial charge in [-0.15, -0.1) is 0 Å². The van der Waals surface area contributed by atoms with Crippen LogP contribution in [-0.4, -0.2) is 17.9 Å². The van der Waals surface area contributed by atoms with Crippen LogP contribution in [0, 0.1) is 24.2 Å². The molecule has 0 fully saturated rings. The van der Waals surface area contributed by atoms with Crippen molar-refractivity contribution in [3.8, 4) is 11.8 Å². The Hall–Kier alpha value is -4.11. The lowest BCUT2D eigenvalue weighted by atomic mass is 10.1. The highest BCUT2D eigenvalue weighted by Gasteiger charge is 2.25. The number of nitrogens with zero attached hydrogens (tertiary/aromatic N) is 1. The molecule has 33 heavy (non-hydrogen) atoms. The van der Waals surface area contributed by atoms with Crippen molar-refractivity contribution in [2.45, 2.75) is 33.4 Å². The summed E-state index contributed by atoms with van der Waals surface area (Å²) in [7, 11) is 0. The standard InChI is InChI=1S/C27H27N3O3/c1-18(2)25(33-24-10-5-4-8-22(24)16-28)27(32)29-17-20-7-6-9-23(15-20)30-26(31)21-13-11-19(3)12-14-21/h4-15,18,25H,17H2,1-3H3,(H,29,32)(H,30,31). The maximum Gasteiger partial charge on any atom is 0.261 e. The van der Waals surface area contributed by atoms with Gasteiger partial charge in [0.1, 0.15) is 11.8 Å². The quantitative estimate of drug-likeness (QED) is 0.523. The van der Waals surface area contributed by atoms with Crippen LogP contribution in [-0.2, 0) is 11.3 Å². The summed E-state index contributed by atoms with van der Waals surface area (Å²) in [6.45, 7) is 6.02. The minimum Gasteiger partial charge on any atom is -0.479 e. The van der Waals surface area contributed by atoms with E-state index in [9.17, 15) is 14.9 Å². The Labute approximate surface area is 194 Å². The van der Waals surface area contributed by atoms with E-state index in [1.807, 2.05) is 51.1 Å². The van der Waals surface area contributed by atoms with Crippen molar-refractivity contribution in [3.05, 3.63) is 95.1 Å². The lowest BCUT2D eigenvalue weighted by molar-refractivity contribution is -0.130. The Morgan fingerprint density at radius 1 is 1.00 bits per heavy atom. The fraction of sp³-hybridized carbons (Fsp3) is 0.222. The molecule has 0 aromatic heterocycles. The number of carbonyl (C=O) groups excluding carboxylic acids is 2. The van der Waals surface area contributed by atoms with Gasteiger partial charge in [-0.2, -0.15) is 5.26 Å². The van der Waals surface area contributed by atoms with E-state index in [4.69, 9.17) is 4.74 Å². The number of hydrogen-bond acceptors (Lipinski definition) is 4. The fourth-order valence-electron chi connectivity index (χ4n) is 3.25. The van der Waals surface area contributed by atoms with Gasteiger partial charge in [-0.1, -0.05) is 55.8 Å². The molecule has 0 spiro atoms. The van der Waals surface area contributed by atoms with E-state index in [2.05, 4.69) is 16.7 Å². The van der Waals surface area contributed by atoms with Crippen molar-refractivity contribution in [3.63, 3.8) is 0 Å². The van der Waals surface area contributed by atoms with Crippen LogP contribution < -0.4 is 15.4 Å². The summed E-state index contributed by atoms with van der Waals surface area (Å²) in [6, 6.07) is 23.6. The van der Waals surface area contributed by atoms with Crippen molar-refractivity contribution in [1.29, 1.82) is 5.26 Å². The van der Waals surface area contributed by atoms with Crippen molar-refractivity contribution >= 4 is 17.5 Å². The maximum absolute atomic E-state index is 12.8. The van der Waals surface area contributed by atoms with E-state index in [1.54, 1.807) is 42.5 Å². The fourth-order valence-corrected chi connectivity index (χ4v) is 3.25. The highest BCUT2D eigenvalue weighted by molar-refractivity contribution is 6.04. The third kappa shape index (κ3) is 6.44. The predicted molar refractivity (Wildman–Crippen MR) is 128 cm³/mol. The predicted octanol–water partition coefficient (Wildman–Crippen LogP) is 4.84. The molecule has 0 aliphatic heterocycles. The van der Waals surface area contributed by atoms with Crippen LogP contribution in [0.2, 0.25) is 0 Å². The summed E-state index contributed by atoms with van der Waals surface area (Å²) < 4.78 is 5.89. The summed E-state index contributed by atoms with van der Waals surface area (Å²) in [5, 5.41) is 15.1. The minimum absolute atomic E-state index is 0.100. The number of para-hydroxylation sites is 1. The molecule has 2 N–H and O–H groups in total. The van der Waals surface area contributed by atoms with Crippen LogP contribution in [0.15, 0.2) is 72.8 Å².